The van der Waals surface area contributed by atoms with E-state index in [-0.39, 0.29) is 0 Å². The molecule has 0 aliphatic heterocycles. The second kappa shape index (κ2) is 6.61. The summed E-state index contributed by atoms with van der Waals surface area (Å²) in [5, 5.41) is 12.2. The molecule has 3 nitrogen and oxygen atoms in total. The van der Waals surface area contributed by atoms with Crippen LogP contribution in [0.4, 0.5) is 5.69 Å². The first kappa shape index (κ1) is 14.6. The van der Waals surface area contributed by atoms with Gasteiger partial charge in [-0.3, -0.25) is 0 Å². The van der Waals surface area contributed by atoms with Gasteiger partial charge in [0.1, 0.15) is 0 Å². The van der Waals surface area contributed by atoms with Gasteiger partial charge in [-0.05, 0) is 35.4 Å². The summed E-state index contributed by atoms with van der Waals surface area (Å²) >= 11 is 7.30. The summed E-state index contributed by atoms with van der Waals surface area (Å²) in [4.78, 5) is 5.12. The van der Waals surface area contributed by atoms with Crippen LogP contribution in [0.15, 0.2) is 54.7 Å². The van der Waals surface area contributed by atoms with E-state index in [1.54, 1.807) is 6.20 Å². The molecule has 1 heterocycles. The molecule has 3 aromatic rings. The van der Waals surface area contributed by atoms with Gasteiger partial charge < -0.3 is 5.32 Å². The third kappa shape index (κ3) is 3.45. The van der Waals surface area contributed by atoms with Crippen molar-refractivity contribution in [2.75, 3.05) is 5.32 Å². The van der Waals surface area contributed by atoms with Crippen LogP contribution in [-0.2, 0) is 6.54 Å². The average Bonchev–Trinajstić information content (AvgIpc) is 2.99. The van der Waals surface area contributed by atoms with Gasteiger partial charge in [0.05, 0.1) is 18.2 Å². The number of aromatic nitrogens is 1. The van der Waals surface area contributed by atoms with Gasteiger partial charge in [-0.1, -0.05) is 35.9 Å². The van der Waals surface area contributed by atoms with Gasteiger partial charge in [0, 0.05) is 16.8 Å². The van der Waals surface area contributed by atoms with Gasteiger partial charge in [-0.15, -0.1) is 11.3 Å². The Bertz CT molecular complexity index is 818. The molecule has 1 N–H and O–H groups in total. The summed E-state index contributed by atoms with van der Waals surface area (Å²) in [5.74, 6) is 0. The lowest BCUT2D eigenvalue weighted by molar-refractivity contribution is 1.17. The topological polar surface area (TPSA) is 48.7 Å². The largest absolute Gasteiger partial charge is 0.380 e. The number of halogens is 1. The lowest BCUT2D eigenvalue weighted by Gasteiger charge is -2.07. The maximum atomic E-state index is 8.85. The molecule has 2 aromatic carbocycles. The minimum atomic E-state index is 0.558. The summed E-state index contributed by atoms with van der Waals surface area (Å²) < 4.78 is 0.558. The molecule has 0 radical (unpaired) electrons. The van der Waals surface area contributed by atoms with Crippen LogP contribution in [0.3, 0.4) is 0 Å². The lowest BCUT2D eigenvalue weighted by Crippen LogP contribution is -1.97. The van der Waals surface area contributed by atoms with Crippen LogP contribution in [0, 0.1) is 11.3 Å². The Kier molecular flexibility index (Phi) is 4.38. The molecule has 0 aliphatic rings. The van der Waals surface area contributed by atoms with Crippen LogP contribution in [0.2, 0.25) is 4.47 Å². The summed E-state index contributed by atoms with van der Waals surface area (Å²) in [6, 6.07) is 17.9. The standard InChI is InChI=1S/C17H12ClN3S/c18-17-21-11-16(22-17)10-20-15-3-1-2-14(8-15)13-6-4-12(9-19)5-7-13/h1-8,11,20H,10H2. The molecule has 0 saturated carbocycles. The van der Waals surface area contributed by atoms with Crippen LogP contribution >= 0.6 is 22.9 Å². The Morgan fingerprint density at radius 2 is 1.95 bits per heavy atom. The molecule has 0 amide bonds. The third-order valence-corrected chi connectivity index (χ3v) is 4.32. The van der Waals surface area contributed by atoms with E-state index in [4.69, 9.17) is 16.9 Å². The number of benzene rings is 2. The Hall–Kier alpha value is -2.35. The fraction of sp³-hybridized carbons (Fsp3) is 0.0588. The van der Waals surface area contributed by atoms with Gasteiger partial charge in [0.15, 0.2) is 4.47 Å². The SMILES string of the molecule is N#Cc1ccc(-c2cccc(NCc3cnc(Cl)s3)c2)cc1. The van der Waals surface area contributed by atoms with E-state index in [1.807, 2.05) is 36.4 Å². The third-order valence-electron chi connectivity index (χ3n) is 3.20. The monoisotopic (exact) mass is 325 g/mol. The highest BCUT2D eigenvalue weighted by Crippen LogP contribution is 2.24. The molecule has 0 saturated heterocycles. The van der Waals surface area contributed by atoms with Crippen LogP contribution in [0.5, 0.6) is 0 Å². The number of nitrogens with zero attached hydrogens (tertiary/aromatic N) is 2. The Morgan fingerprint density at radius 3 is 2.64 bits per heavy atom. The highest BCUT2D eigenvalue weighted by Gasteiger charge is 2.02. The van der Waals surface area contributed by atoms with E-state index in [9.17, 15) is 0 Å². The first-order valence-corrected chi connectivity index (χ1v) is 7.89. The fourth-order valence-corrected chi connectivity index (χ4v) is 3.02. The summed E-state index contributed by atoms with van der Waals surface area (Å²) in [6.45, 7) is 0.696. The number of hydrogen-bond acceptors (Lipinski definition) is 4. The zero-order chi connectivity index (χ0) is 15.4. The second-order valence-electron chi connectivity index (χ2n) is 4.70. The van der Waals surface area contributed by atoms with Crippen LogP contribution < -0.4 is 5.32 Å². The van der Waals surface area contributed by atoms with Gasteiger partial charge in [-0.2, -0.15) is 5.26 Å². The van der Waals surface area contributed by atoms with Gasteiger partial charge in [0.25, 0.3) is 0 Å². The van der Waals surface area contributed by atoms with E-state index >= 15 is 0 Å². The smallest absolute Gasteiger partial charge is 0.183 e. The van der Waals surface area contributed by atoms with Crippen molar-refractivity contribution >= 4 is 28.6 Å². The van der Waals surface area contributed by atoms with Crippen molar-refractivity contribution in [1.29, 1.82) is 5.26 Å². The molecule has 0 spiro atoms. The van der Waals surface area contributed by atoms with Crippen molar-refractivity contribution in [1.82, 2.24) is 4.98 Å². The molecule has 108 valence electrons. The molecule has 0 unspecified atom stereocenters. The normalized spacial score (nSPS) is 10.2. The quantitative estimate of drug-likeness (QED) is 0.738. The zero-order valence-electron chi connectivity index (χ0n) is 11.6. The number of anilines is 1. The fourth-order valence-electron chi connectivity index (χ4n) is 2.10. The van der Waals surface area contributed by atoms with Crippen molar-refractivity contribution in [3.05, 3.63) is 69.6 Å². The molecule has 3 rings (SSSR count). The Morgan fingerprint density at radius 1 is 1.14 bits per heavy atom. The molecular weight excluding hydrogens is 314 g/mol. The minimum Gasteiger partial charge on any atom is -0.380 e. The van der Waals surface area contributed by atoms with E-state index in [1.165, 1.54) is 11.3 Å². The Labute approximate surface area is 137 Å². The maximum absolute atomic E-state index is 8.85. The van der Waals surface area contributed by atoms with E-state index in [2.05, 4.69) is 28.5 Å². The zero-order valence-corrected chi connectivity index (χ0v) is 13.2. The van der Waals surface area contributed by atoms with E-state index in [0.29, 0.717) is 16.6 Å². The summed E-state index contributed by atoms with van der Waals surface area (Å²) in [7, 11) is 0. The molecule has 0 fully saturated rings. The van der Waals surface area contributed by atoms with Gasteiger partial charge >= 0.3 is 0 Å². The summed E-state index contributed by atoms with van der Waals surface area (Å²) in [6.07, 6.45) is 1.78. The van der Waals surface area contributed by atoms with E-state index in [0.717, 1.165) is 21.7 Å². The lowest BCUT2D eigenvalue weighted by atomic mass is 10.0. The van der Waals surface area contributed by atoms with Gasteiger partial charge in [0.2, 0.25) is 0 Å². The number of nitrogens with one attached hydrogen (secondary N) is 1. The van der Waals surface area contributed by atoms with Crippen LogP contribution in [-0.4, -0.2) is 4.98 Å². The van der Waals surface area contributed by atoms with Crippen molar-refractivity contribution in [3.63, 3.8) is 0 Å². The molecule has 1 aromatic heterocycles. The number of hydrogen-bond donors (Lipinski definition) is 1. The number of thiazole rings is 1. The average molecular weight is 326 g/mol. The first-order valence-electron chi connectivity index (χ1n) is 6.69. The van der Waals surface area contributed by atoms with Crippen molar-refractivity contribution in [2.45, 2.75) is 6.54 Å². The molecule has 0 aliphatic carbocycles. The highest BCUT2D eigenvalue weighted by atomic mass is 35.5. The molecule has 0 bridgehead atoms. The highest BCUT2D eigenvalue weighted by molar-refractivity contribution is 7.15. The first-order chi connectivity index (χ1) is 10.7. The predicted octanol–water partition coefficient (Wildman–Crippen LogP) is 4.95. The number of rotatable bonds is 4. The second-order valence-corrected chi connectivity index (χ2v) is 6.40. The maximum Gasteiger partial charge on any atom is 0.183 e. The number of nitriles is 1. The molecule has 0 atom stereocenters. The van der Waals surface area contributed by atoms with Crippen molar-refractivity contribution < 1.29 is 0 Å². The van der Waals surface area contributed by atoms with Gasteiger partial charge in [-0.25, -0.2) is 4.98 Å². The van der Waals surface area contributed by atoms with E-state index < -0.39 is 0 Å². The molecular formula is C17H12ClN3S. The molecule has 22 heavy (non-hydrogen) atoms. The van der Waals surface area contributed by atoms with Crippen molar-refractivity contribution in [3.8, 4) is 17.2 Å². The summed E-state index contributed by atoms with van der Waals surface area (Å²) in [5.41, 5.74) is 3.90. The van der Waals surface area contributed by atoms with Crippen molar-refractivity contribution in [2.24, 2.45) is 0 Å². The van der Waals surface area contributed by atoms with Crippen LogP contribution in [0.25, 0.3) is 11.1 Å². The minimum absolute atomic E-state index is 0.558. The van der Waals surface area contributed by atoms with Crippen LogP contribution in [0.1, 0.15) is 10.4 Å². The predicted molar refractivity (Wildman–Crippen MR) is 91.0 cm³/mol. The Balaban J connectivity index is 1.75. The molecule has 5 heteroatoms.